The molecule has 0 aliphatic carbocycles. The summed E-state index contributed by atoms with van der Waals surface area (Å²) < 4.78 is 24.0. The maximum atomic E-state index is 10.2. The third-order valence-electron chi connectivity index (χ3n) is 8.56. The van der Waals surface area contributed by atoms with Crippen LogP contribution in [0.4, 0.5) is 0 Å². The first-order valence-electron chi connectivity index (χ1n) is 20.6. The van der Waals surface area contributed by atoms with Gasteiger partial charge in [-0.3, -0.25) is 0 Å². The average Bonchev–Trinajstić information content (AvgIpc) is 3.62. The summed E-state index contributed by atoms with van der Waals surface area (Å²) in [5, 5.41) is 22.2. The van der Waals surface area contributed by atoms with Crippen LogP contribution in [0.15, 0.2) is 30.6 Å². The molecule has 0 radical (unpaired) electrons. The van der Waals surface area contributed by atoms with Crippen LogP contribution in [0, 0.1) is 18.3 Å². The lowest BCUT2D eigenvalue weighted by molar-refractivity contribution is -0.0110. The summed E-state index contributed by atoms with van der Waals surface area (Å²) in [6.07, 6.45) is 24.9. The van der Waals surface area contributed by atoms with E-state index in [-0.39, 0.29) is 13.2 Å². The van der Waals surface area contributed by atoms with Gasteiger partial charge in [-0.05, 0) is 51.7 Å². The number of fused-ring (bicyclic) bond motifs is 1. The minimum Gasteiger partial charge on any atom is -0.392 e. The largest absolute Gasteiger partial charge is 0.392 e. The van der Waals surface area contributed by atoms with E-state index in [0.29, 0.717) is 32.5 Å². The summed E-state index contributed by atoms with van der Waals surface area (Å²) in [6, 6.07) is 6.15. The van der Waals surface area contributed by atoms with Crippen molar-refractivity contribution in [2.75, 3.05) is 40.1 Å². The van der Waals surface area contributed by atoms with Crippen molar-refractivity contribution < 1.29 is 28.5 Å². The fourth-order valence-electron chi connectivity index (χ4n) is 5.35. The van der Waals surface area contributed by atoms with Crippen LogP contribution in [-0.4, -0.2) is 70.3 Å². The molecule has 0 spiro atoms. The van der Waals surface area contributed by atoms with Crippen molar-refractivity contribution in [3.05, 3.63) is 42.0 Å². The number of methoxy groups -OCH3 is 1. The van der Waals surface area contributed by atoms with Gasteiger partial charge in [0, 0.05) is 26.0 Å². The third-order valence-corrected chi connectivity index (χ3v) is 9.31. The molecule has 10 nitrogen and oxygen atoms in total. The van der Waals surface area contributed by atoms with Gasteiger partial charge in [-0.15, -0.1) is 0 Å². The molecule has 0 saturated heterocycles. The maximum Gasteiger partial charge on any atom is 0.329 e. The zero-order chi connectivity index (χ0) is 40.0. The lowest BCUT2D eigenvalue weighted by Crippen LogP contribution is -2.35. The van der Waals surface area contributed by atoms with Crippen molar-refractivity contribution in [2.45, 2.75) is 176 Å². The standard InChI is InChI=1S/C34H59N4O5P.C4H8O.2C2H6/c1-4-5-6-7-8-9-10-11-12-13-14-15-16-17-18-19-25-41-26-20-27-42-44(39)43-29-34(28-35,40-3)24-23-32-21-22-33-31(2)36-30-37-38(32)33;1-4(2)3-5;2*1-2/h21-22,30,39H,4-20,23-27,29H2,1-3H3;5H,1,3H2,2H3;2*1-2H3. The number of aliphatic hydroxyl groups excluding tert-OH is 1. The summed E-state index contributed by atoms with van der Waals surface area (Å²) in [6.45, 7) is 19.1. The van der Waals surface area contributed by atoms with E-state index in [1.54, 1.807) is 6.92 Å². The monoisotopic (exact) mass is 767 g/mol. The van der Waals surface area contributed by atoms with E-state index in [1.807, 2.05) is 51.3 Å². The van der Waals surface area contributed by atoms with Crippen molar-refractivity contribution in [1.82, 2.24) is 14.6 Å². The van der Waals surface area contributed by atoms with E-state index in [9.17, 15) is 10.2 Å². The lowest BCUT2D eigenvalue weighted by Gasteiger charge is -2.25. The van der Waals surface area contributed by atoms with Crippen molar-refractivity contribution >= 4 is 14.1 Å². The molecule has 308 valence electrons. The number of hydrogen-bond acceptors (Lipinski definition) is 9. The van der Waals surface area contributed by atoms with E-state index in [1.165, 1.54) is 110 Å². The van der Waals surface area contributed by atoms with Crippen LogP contribution in [0.2, 0.25) is 0 Å². The van der Waals surface area contributed by atoms with Crippen molar-refractivity contribution in [3.63, 3.8) is 0 Å². The SMILES string of the molecule is C=C(C)CO.CC.CC.CCCCCCCCCCCCCCCCCCOCCCOP(O)OCC(C#N)(CCc1ccc2c(C)ncnn12)OC. The molecule has 2 N–H and O–H groups in total. The second-order valence-corrected chi connectivity index (χ2v) is 14.0. The average molecular weight is 767 g/mol. The summed E-state index contributed by atoms with van der Waals surface area (Å²) in [5.41, 5.74) is 2.38. The number of unbranched alkanes of at least 4 members (excludes halogenated alkanes) is 15. The highest BCUT2D eigenvalue weighted by atomic mass is 31.2. The Morgan fingerprint density at radius 1 is 0.849 bits per heavy atom. The highest BCUT2D eigenvalue weighted by Crippen LogP contribution is 2.35. The van der Waals surface area contributed by atoms with Crippen LogP contribution >= 0.6 is 8.60 Å². The van der Waals surface area contributed by atoms with Gasteiger partial charge < -0.3 is 28.5 Å². The quantitative estimate of drug-likeness (QED) is 0.0453. The third kappa shape index (κ3) is 28.2. The molecule has 0 amide bonds. The van der Waals surface area contributed by atoms with Gasteiger partial charge in [-0.1, -0.05) is 143 Å². The Morgan fingerprint density at radius 3 is 1.85 bits per heavy atom. The molecule has 2 atom stereocenters. The molecule has 53 heavy (non-hydrogen) atoms. The fourth-order valence-corrected chi connectivity index (χ4v) is 6.03. The fraction of sp³-hybridized carbons (Fsp3) is 0.786. The van der Waals surface area contributed by atoms with Crippen LogP contribution in [0.5, 0.6) is 0 Å². The molecule has 0 aromatic carbocycles. The maximum absolute atomic E-state index is 10.2. The van der Waals surface area contributed by atoms with Gasteiger partial charge in [-0.25, -0.2) is 9.50 Å². The predicted molar refractivity (Wildman–Crippen MR) is 222 cm³/mol. The number of aromatic nitrogens is 3. The van der Waals surface area contributed by atoms with Gasteiger partial charge in [0.25, 0.3) is 0 Å². The Morgan fingerprint density at radius 2 is 1.36 bits per heavy atom. The van der Waals surface area contributed by atoms with Crippen LogP contribution < -0.4 is 0 Å². The zero-order valence-electron chi connectivity index (χ0n) is 35.2. The Hall–Kier alpha value is -1.96. The molecule has 2 aromatic heterocycles. The number of aryl methyl sites for hydroxylation is 2. The number of ether oxygens (including phenoxy) is 2. The highest BCUT2D eigenvalue weighted by molar-refractivity contribution is 7.40. The van der Waals surface area contributed by atoms with Gasteiger partial charge in [0.2, 0.25) is 0 Å². The first kappa shape index (κ1) is 53.1. The van der Waals surface area contributed by atoms with E-state index in [2.05, 4.69) is 29.7 Å². The second kappa shape index (κ2) is 38.3. The molecule has 2 unspecified atom stereocenters. The van der Waals surface area contributed by atoms with Gasteiger partial charge in [0.05, 0.1) is 31.0 Å². The number of hydrogen-bond donors (Lipinski definition) is 2. The topological polar surface area (TPSA) is 131 Å². The second-order valence-electron chi connectivity index (χ2n) is 13.0. The molecule has 0 aliphatic heterocycles. The van der Waals surface area contributed by atoms with E-state index >= 15 is 0 Å². The summed E-state index contributed by atoms with van der Waals surface area (Å²) in [7, 11) is -0.625. The van der Waals surface area contributed by atoms with Gasteiger partial charge in [-0.2, -0.15) is 10.4 Å². The molecule has 2 rings (SSSR count). The zero-order valence-corrected chi connectivity index (χ0v) is 36.1. The van der Waals surface area contributed by atoms with Crippen LogP contribution in [0.1, 0.15) is 169 Å². The Kier molecular flexibility index (Phi) is 38.4. The van der Waals surface area contributed by atoms with Crippen molar-refractivity contribution in [1.29, 1.82) is 5.26 Å². The molecular weight excluding hydrogens is 687 g/mol. The number of nitrogens with zero attached hydrogens (tertiary/aromatic N) is 4. The van der Waals surface area contributed by atoms with E-state index in [4.69, 9.17) is 23.6 Å². The summed E-state index contributed by atoms with van der Waals surface area (Å²) in [4.78, 5) is 14.4. The van der Waals surface area contributed by atoms with E-state index in [0.717, 1.165) is 35.5 Å². The Labute approximate surface area is 326 Å². The van der Waals surface area contributed by atoms with Crippen LogP contribution in [0.25, 0.3) is 5.52 Å². The summed E-state index contributed by atoms with van der Waals surface area (Å²) in [5.74, 6) is 0. The lowest BCUT2D eigenvalue weighted by atomic mass is 9.99. The Bertz CT molecular complexity index is 1140. The smallest absolute Gasteiger partial charge is 0.329 e. The van der Waals surface area contributed by atoms with Crippen molar-refractivity contribution in [2.24, 2.45) is 0 Å². The first-order chi connectivity index (χ1) is 25.8. The first-order valence-corrected chi connectivity index (χ1v) is 21.8. The minimum atomic E-state index is -2.10. The predicted octanol–water partition coefficient (Wildman–Crippen LogP) is 11.4. The molecular formula is C42H79N4O6P. The molecule has 2 aromatic rings. The summed E-state index contributed by atoms with van der Waals surface area (Å²) >= 11 is 0. The highest BCUT2D eigenvalue weighted by Gasteiger charge is 2.32. The normalized spacial score (nSPS) is 12.3. The molecule has 2 heterocycles. The number of nitriles is 1. The van der Waals surface area contributed by atoms with Gasteiger partial charge in [0.1, 0.15) is 12.4 Å². The van der Waals surface area contributed by atoms with Gasteiger partial charge in [0.15, 0.2) is 5.60 Å². The minimum absolute atomic E-state index is 0.0880. The van der Waals surface area contributed by atoms with Gasteiger partial charge >= 0.3 is 8.60 Å². The molecule has 0 fully saturated rings. The van der Waals surface area contributed by atoms with Crippen molar-refractivity contribution in [3.8, 4) is 6.07 Å². The Balaban J connectivity index is 0. The van der Waals surface area contributed by atoms with Crippen LogP contribution in [0.3, 0.4) is 0 Å². The molecule has 0 aliphatic rings. The molecule has 0 bridgehead atoms. The molecule has 0 saturated carbocycles. The van der Waals surface area contributed by atoms with Crippen LogP contribution in [-0.2, 0) is 24.9 Å². The number of aliphatic hydroxyl groups is 1. The number of rotatable bonds is 30. The molecule has 11 heteroatoms. The van der Waals surface area contributed by atoms with E-state index < -0.39 is 14.2 Å².